The van der Waals surface area contributed by atoms with Crippen molar-refractivity contribution >= 4 is 17.7 Å². The van der Waals surface area contributed by atoms with Crippen molar-refractivity contribution < 1.29 is 19.1 Å². The first-order chi connectivity index (χ1) is 14.6. The minimum atomic E-state index is -0.359. The second kappa shape index (κ2) is 7.68. The lowest BCUT2D eigenvalue weighted by molar-refractivity contribution is 0.0475. The number of carbonyl (C=O) groups excluding carboxylic acids is 3. The molecular weight excluding hydrogens is 384 g/mol. The summed E-state index contributed by atoms with van der Waals surface area (Å²) in [7, 11) is 0. The molecule has 8 nitrogen and oxygen atoms in total. The summed E-state index contributed by atoms with van der Waals surface area (Å²) in [5.74, 6) is 0.100. The number of nitrogens with one attached hydrogen (secondary N) is 1. The van der Waals surface area contributed by atoms with E-state index in [1.807, 2.05) is 6.20 Å². The Morgan fingerprint density at radius 1 is 1.17 bits per heavy atom. The molecule has 1 aromatic heterocycles. The second-order valence-electron chi connectivity index (χ2n) is 8.10. The molecule has 3 amide bonds. The third-order valence-corrected chi connectivity index (χ3v) is 6.03. The van der Waals surface area contributed by atoms with E-state index >= 15 is 0 Å². The van der Waals surface area contributed by atoms with Crippen molar-refractivity contribution in [3.8, 4) is 0 Å². The van der Waals surface area contributed by atoms with Gasteiger partial charge in [-0.2, -0.15) is 0 Å². The number of benzene rings is 1. The van der Waals surface area contributed by atoms with Crippen molar-refractivity contribution in [1.29, 1.82) is 0 Å². The molecule has 1 unspecified atom stereocenters. The molecule has 3 aliphatic rings. The Morgan fingerprint density at radius 3 is 2.83 bits per heavy atom. The molecule has 0 saturated carbocycles. The van der Waals surface area contributed by atoms with E-state index in [0.717, 1.165) is 50.2 Å². The molecule has 0 radical (unpaired) electrons. The maximum absolute atomic E-state index is 12.8. The number of imide groups is 1. The van der Waals surface area contributed by atoms with Crippen LogP contribution in [0.2, 0.25) is 0 Å². The number of carbonyl (C=O) groups is 3. The maximum Gasteiger partial charge on any atom is 0.261 e. The smallest absolute Gasteiger partial charge is 0.261 e. The third kappa shape index (κ3) is 3.41. The van der Waals surface area contributed by atoms with Crippen molar-refractivity contribution in [2.75, 3.05) is 13.2 Å². The molecule has 0 aliphatic carbocycles. The standard InChI is InChI=1S/C22H24N4O4/c27-20(23-11-15-12-25-8-2-1-5-19(25)24-15)14-6-7-17-18(10-14)22(29)26(21(17)28)13-16-4-3-9-30-16/h6-7,10,12,16H,1-5,8-9,11,13H2,(H,23,27). The third-order valence-electron chi connectivity index (χ3n) is 6.03. The van der Waals surface area contributed by atoms with Crippen molar-refractivity contribution in [2.24, 2.45) is 0 Å². The number of fused-ring (bicyclic) bond motifs is 2. The van der Waals surface area contributed by atoms with Gasteiger partial charge < -0.3 is 14.6 Å². The van der Waals surface area contributed by atoms with Crippen molar-refractivity contribution in [3.63, 3.8) is 0 Å². The van der Waals surface area contributed by atoms with Crippen LogP contribution in [0.15, 0.2) is 24.4 Å². The van der Waals surface area contributed by atoms with E-state index in [1.165, 1.54) is 11.0 Å². The fourth-order valence-corrected chi connectivity index (χ4v) is 4.42. The number of rotatable bonds is 5. The van der Waals surface area contributed by atoms with Gasteiger partial charge in [0.05, 0.1) is 36.0 Å². The fourth-order valence-electron chi connectivity index (χ4n) is 4.42. The lowest BCUT2D eigenvalue weighted by Gasteiger charge is -2.17. The lowest BCUT2D eigenvalue weighted by atomic mass is 10.1. The number of imidazole rings is 1. The van der Waals surface area contributed by atoms with Gasteiger partial charge in [-0.15, -0.1) is 0 Å². The molecule has 5 rings (SSSR count). The first-order valence-electron chi connectivity index (χ1n) is 10.5. The number of amides is 3. The van der Waals surface area contributed by atoms with Crippen LogP contribution >= 0.6 is 0 Å². The minimum absolute atomic E-state index is 0.101. The lowest BCUT2D eigenvalue weighted by Crippen LogP contribution is -2.36. The number of hydrogen-bond donors (Lipinski definition) is 1. The van der Waals surface area contributed by atoms with Gasteiger partial charge >= 0.3 is 0 Å². The minimum Gasteiger partial charge on any atom is -0.376 e. The Labute approximate surface area is 174 Å². The Hall–Kier alpha value is -3.00. The number of nitrogens with zero attached hydrogens (tertiary/aromatic N) is 3. The first-order valence-corrected chi connectivity index (χ1v) is 10.5. The second-order valence-corrected chi connectivity index (χ2v) is 8.10. The zero-order chi connectivity index (χ0) is 20.7. The van der Waals surface area contributed by atoms with Crippen LogP contribution in [-0.2, 0) is 24.2 Å². The summed E-state index contributed by atoms with van der Waals surface area (Å²) in [5.41, 5.74) is 1.81. The topological polar surface area (TPSA) is 93.5 Å². The van der Waals surface area contributed by atoms with E-state index < -0.39 is 0 Å². The quantitative estimate of drug-likeness (QED) is 0.763. The van der Waals surface area contributed by atoms with Gasteiger partial charge in [-0.3, -0.25) is 19.3 Å². The largest absolute Gasteiger partial charge is 0.376 e. The molecule has 0 spiro atoms. The van der Waals surface area contributed by atoms with Crippen molar-refractivity contribution in [1.82, 2.24) is 19.8 Å². The average Bonchev–Trinajstić information content (AvgIpc) is 3.48. The number of hydrogen-bond acceptors (Lipinski definition) is 5. The Balaban J connectivity index is 1.27. The Morgan fingerprint density at radius 2 is 2.03 bits per heavy atom. The summed E-state index contributed by atoms with van der Waals surface area (Å²) in [4.78, 5) is 43.8. The number of ether oxygens (including phenoxy) is 1. The number of aromatic nitrogens is 2. The normalized spacial score (nSPS) is 20.4. The first kappa shape index (κ1) is 19.0. The van der Waals surface area contributed by atoms with Gasteiger partial charge in [0.25, 0.3) is 17.7 Å². The summed E-state index contributed by atoms with van der Waals surface area (Å²) in [6.07, 6.45) is 6.95. The zero-order valence-corrected chi connectivity index (χ0v) is 16.7. The summed E-state index contributed by atoms with van der Waals surface area (Å²) in [6, 6.07) is 4.67. The van der Waals surface area contributed by atoms with Gasteiger partial charge in [0.1, 0.15) is 5.82 Å². The Bertz CT molecular complexity index is 999. The predicted octanol–water partition coefficient (Wildman–Crippen LogP) is 1.92. The highest BCUT2D eigenvalue weighted by atomic mass is 16.5. The molecule has 8 heteroatoms. The van der Waals surface area contributed by atoms with Gasteiger partial charge in [-0.05, 0) is 43.9 Å². The van der Waals surface area contributed by atoms with Crippen molar-refractivity contribution in [2.45, 2.75) is 51.3 Å². The SMILES string of the molecule is O=C(NCc1cn2c(n1)CCCC2)c1ccc2c(c1)C(=O)N(CC1CCCO1)C2=O. The van der Waals surface area contributed by atoms with Crippen LogP contribution in [0.25, 0.3) is 0 Å². The van der Waals surface area contributed by atoms with Gasteiger partial charge in [-0.1, -0.05) is 0 Å². The van der Waals surface area contributed by atoms with Gasteiger partial charge in [0, 0.05) is 31.3 Å². The molecule has 4 heterocycles. The monoisotopic (exact) mass is 408 g/mol. The molecule has 30 heavy (non-hydrogen) atoms. The molecule has 1 atom stereocenters. The fraction of sp³-hybridized carbons (Fsp3) is 0.455. The van der Waals surface area contributed by atoms with E-state index in [4.69, 9.17) is 4.74 Å². The van der Waals surface area contributed by atoms with E-state index in [2.05, 4.69) is 14.9 Å². The summed E-state index contributed by atoms with van der Waals surface area (Å²) in [5, 5.41) is 2.87. The highest BCUT2D eigenvalue weighted by Gasteiger charge is 2.37. The van der Waals surface area contributed by atoms with Gasteiger partial charge in [-0.25, -0.2) is 4.98 Å². The average molecular weight is 408 g/mol. The molecule has 3 aliphatic heterocycles. The van der Waals surface area contributed by atoms with E-state index in [0.29, 0.717) is 24.3 Å². The highest BCUT2D eigenvalue weighted by Crippen LogP contribution is 2.26. The summed E-state index contributed by atoms with van der Waals surface area (Å²) >= 11 is 0. The zero-order valence-electron chi connectivity index (χ0n) is 16.7. The van der Waals surface area contributed by atoms with Crippen LogP contribution in [0.4, 0.5) is 0 Å². The van der Waals surface area contributed by atoms with Crippen LogP contribution in [0.3, 0.4) is 0 Å². The van der Waals surface area contributed by atoms with Crippen LogP contribution in [0, 0.1) is 0 Å². The molecule has 156 valence electrons. The summed E-state index contributed by atoms with van der Waals surface area (Å²) < 4.78 is 7.70. The predicted molar refractivity (Wildman–Crippen MR) is 107 cm³/mol. The molecule has 0 bridgehead atoms. The van der Waals surface area contributed by atoms with E-state index in [1.54, 1.807) is 12.1 Å². The molecule has 1 fully saturated rings. The van der Waals surface area contributed by atoms with Crippen LogP contribution < -0.4 is 5.32 Å². The van der Waals surface area contributed by atoms with Crippen LogP contribution in [0.1, 0.15) is 68.3 Å². The maximum atomic E-state index is 12.8. The molecular formula is C22H24N4O4. The van der Waals surface area contributed by atoms with Crippen molar-refractivity contribution in [3.05, 3.63) is 52.6 Å². The van der Waals surface area contributed by atoms with E-state index in [9.17, 15) is 14.4 Å². The van der Waals surface area contributed by atoms with Crippen LogP contribution in [0.5, 0.6) is 0 Å². The van der Waals surface area contributed by atoms with Crippen LogP contribution in [-0.4, -0.2) is 51.4 Å². The number of aryl methyl sites for hydroxylation is 2. The van der Waals surface area contributed by atoms with Gasteiger partial charge in [0.15, 0.2) is 0 Å². The molecule has 1 saturated heterocycles. The Kier molecular flexibility index (Phi) is 4.86. The van der Waals surface area contributed by atoms with E-state index in [-0.39, 0.29) is 35.9 Å². The molecule has 1 N–H and O–H groups in total. The van der Waals surface area contributed by atoms with Gasteiger partial charge in [0.2, 0.25) is 0 Å². The molecule has 2 aromatic rings. The molecule has 1 aromatic carbocycles. The highest BCUT2D eigenvalue weighted by molar-refractivity contribution is 6.22. The summed E-state index contributed by atoms with van der Waals surface area (Å²) in [6.45, 7) is 2.23.